The molecular formula is C23H35N5S2. The van der Waals surface area contributed by atoms with Gasteiger partial charge in [0.15, 0.2) is 5.11 Å². The van der Waals surface area contributed by atoms with Crippen LogP contribution in [0.1, 0.15) is 57.3 Å². The minimum absolute atomic E-state index is 0.359. The number of rotatable bonds is 3. The molecule has 2 aromatic rings. The van der Waals surface area contributed by atoms with Crippen LogP contribution in [0.5, 0.6) is 0 Å². The molecular weight excluding hydrogens is 410 g/mol. The second kappa shape index (κ2) is 8.58. The lowest BCUT2D eigenvalue weighted by Gasteiger charge is -2.37. The Morgan fingerprint density at radius 3 is 2.53 bits per heavy atom. The Hall–Kier alpha value is -1.47. The monoisotopic (exact) mass is 445 g/mol. The second-order valence-electron chi connectivity index (χ2n) is 9.62. The average molecular weight is 446 g/mol. The van der Waals surface area contributed by atoms with Gasteiger partial charge in [-0.25, -0.2) is 9.97 Å². The smallest absolute Gasteiger partial charge is 0.169 e. The zero-order valence-electron chi connectivity index (χ0n) is 19.0. The predicted octanol–water partition coefficient (Wildman–Crippen LogP) is 4.42. The molecule has 5 nitrogen and oxygen atoms in total. The number of hydrogen-bond acceptors (Lipinski definition) is 5. The number of hydrogen-bond donors (Lipinski definition) is 1. The van der Waals surface area contributed by atoms with Crippen molar-refractivity contribution in [3.05, 3.63) is 16.3 Å². The zero-order chi connectivity index (χ0) is 21.5. The molecule has 4 rings (SSSR count). The minimum atomic E-state index is 0.359. The lowest BCUT2D eigenvalue weighted by molar-refractivity contribution is 0.218. The first-order valence-electron chi connectivity index (χ1n) is 11.4. The molecule has 0 bridgehead atoms. The van der Waals surface area contributed by atoms with Crippen LogP contribution in [-0.2, 0) is 19.3 Å². The van der Waals surface area contributed by atoms with Gasteiger partial charge in [-0.1, -0.05) is 27.7 Å². The van der Waals surface area contributed by atoms with Crippen molar-refractivity contribution in [1.82, 2.24) is 20.2 Å². The Kier molecular flexibility index (Phi) is 6.22. The van der Waals surface area contributed by atoms with Crippen LogP contribution in [0.15, 0.2) is 0 Å². The van der Waals surface area contributed by atoms with E-state index in [1.165, 1.54) is 28.6 Å². The van der Waals surface area contributed by atoms with Gasteiger partial charge in [-0.15, -0.1) is 11.3 Å². The molecule has 1 saturated heterocycles. The highest BCUT2D eigenvalue weighted by Gasteiger charge is 2.33. The number of nitrogens with zero attached hydrogens (tertiary/aromatic N) is 4. The van der Waals surface area contributed by atoms with E-state index in [2.05, 4.69) is 49.7 Å². The van der Waals surface area contributed by atoms with Crippen LogP contribution in [0.2, 0.25) is 0 Å². The third kappa shape index (κ3) is 4.15. The molecule has 0 spiro atoms. The Morgan fingerprint density at radius 2 is 1.90 bits per heavy atom. The summed E-state index contributed by atoms with van der Waals surface area (Å²) in [4.78, 5) is 17.5. The summed E-state index contributed by atoms with van der Waals surface area (Å²) in [5.74, 6) is 2.88. The molecule has 2 aromatic heterocycles. The summed E-state index contributed by atoms with van der Waals surface area (Å²) in [5.41, 5.74) is 1.89. The highest BCUT2D eigenvalue weighted by molar-refractivity contribution is 7.80. The van der Waals surface area contributed by atoms with Gasteiger partial charge in [0, 0.05) is 44.0 Å². The van der Waals surface area contributed by atoms with E-state index in [-0.39, 0.29) is 0 Å². The number of anilines is 1. The molecule has 2 aliphatic rings. The molecule has 1 aliphatic heterocycles. The average Bonchev–Trinajstić information content (AvgIpc) is 3.10. The fourth-order valence-electron chi connectivity index (χ4n) is 4.71. The standard InChI is InChI=1S/C23H35N5S2/c1-6-18-25-20(27-10-12-28(13-11-27)22(29)24-7-2)19-16-9-8-15(23(3,4)5)14-17(16)30-21(19)26-18/h15H,6-14H2,1-5H3,(H,24,29)/t15-/m0/s1. The maximum Gasteiger partial charge on any atom is 0.169 e. The topological polar surface area (TPSA) is 44.3 Å². The third-order valence-electron chi connectivity index (χ3n) is 6.67. The van der Waals surface area contributed by atoms with Crippen LogP contribution in [-0.4, -0.2) is 52.7 Å². The third-order valence-corrected chi connectivity index (χ3v) is 8.22. The maximum absolute atomic E-state index is 5.52. The van der Waals surface area contributed by atoms with Crippen LogP contribution in [0.25, 0.3) is 10.2 Å². The van der Waals surface area contributed by atoms with Crippen molar-refractivity contribution < 1.29 is 0 Å². The highest BCUT2D eigenvalue weighted by atomic mass is 32.1. The van der Waals surface area contributed by atoms with E-state index in [0.717, 1.165) is 68.2 Å². The maximum atomic E-state index is 5.52. The van der Waals surface area contributed by atoms with Gasteiger partial charge in [-0.3, -0.25) is 0 Å². The first-order valence-corrected chi connectivity index (χ1v) is 12.6. The SMILES string of the molecule is CCNC(=S)N1CCN(c2nc(CC)nc3sc4c(c23)CC[C@H](C(C)(C)C)C4)CC1. The van der Waals surface area contributed by atoms with Gasteiger partial charge >= 0.3 is 0 Å². The number of thiocarbonyl (C=S) groups is 1. The Labute approximate surface area is 190 Å². The molecule has 1 N–H and O–H groups in total. The number of thiophene rings is 1. The van der Waals surface area contributed by atoms with Crippen LogP contribution < -0.4 is 10.2 Å². The fourth-order valence-corrected chi connectivity index (χ4v) is 6.35. The number of nitrogens with one attached hydrogen (secondary N) is 1. The van der Waals surface area contributed by atoms with E-state index in [1.54, 1.807) is 4.88 Å². The van der Waals surface area contributed by atoms with Gasteiger partial charge in [-0.05, 0) is 55.3 Å². The van der Waals surface area contributed by atoms with Gasteiger partial charge in [0.1, 0.15) is 16.5 Å². The first-order chi connectivity index (χ1) is 14.3. The Morgan fingerprint density at radius 1 is 1.17 bits per heavy atom. The quantitative estimate of drug-likeness (QED) is 0.706. The molecule has 30 heavy (non-hydrogen) atoms. The van der Waals surface area contributed by atoms with E-state index < -0.39 is 0 Å². The highest BCUT2D eigenvalue weighted by Crippen LogP contribution is 2.45. The summed E-state index contributed by atoms with van der Waals surface area (Å²) in [6.45, 7) is 16.1. The fraction of sp³-hybridized carbons (Fsp3) is 0.696. The molecule has 1 atom stereocenters. The molecule has 0 aromatic carbocycles. The molecule has 1 fully saturated rings. The van der Waals surface area contributed by atoms with E-state index in [9.17, 15) is 0 Å². The minimum Gasteiger partial charge on any atom is -0.363 e. The van der Waals surface area contributed by atoms with Gasteiger partial charge in [0.2, 0.25) is 0 Å². The number of piperazine rings is 1. The lowest BCUT2D eigenvalue weighted by atomic mass is 9.72. The predicted molar refractivity (Wildman–Crippen MR) is 132 cm³/mol. The number of aromatic nitrogens is 2. The van der Waals surface area contributed by atoms with Crippen LogP contribution >= 0.6 is 23.6 Å². The molecule has 3 heterocycles. The summed E-state index contributed by atoms with van der Waals surface area (Å²) >= 11 is 7.44. The van der Waals surface area contributed by atoms with E-state index in [1.807, 2.05) is 11.3 Å². The van der Waals surface area contributed by atoms with Crippen LogP contribution in [0.3, 0.4) is 0 Å². The van der Waals surface area contributed by atoms with Crippen molar-refractivity contribution in [2.45, 2.75) is 60.3 Å². The van der Waals surface area contributed by atoms with Gasteiger partial charge < -0.3 is 15.1 Å². The molecule has 0 amide bonds. The van der Waals surface area contributed by atoms with Crippen LogP contribution in [0, 0.1) is 11.3 Å². The van der Waals surface area contributed by atoms with E-state index in [4.69, 9.17) is 22.2 Å². The first kappa shape index (κ1) is 21.8. The number of fused-ring (bicyclic) bond motifs is 3. The van der Waals surface area contributed by atoms with Crippen molar-refractivity contribution in [1.29, 1.82) is 0 Å². The van der Waals surface area contributed by atoms with E-state index >= 15 is 0 Å². The zero-order valence-corrected chi connectivity index (χ0v) is 20.7. The summed E-state index contributed by atoms with van der Waals surface area (Å²) in [6, 6.07) is 0. The summed E-state index contributed by atoms with van der Waals surface area (Å²) in [7, 11) is 0. The second-order valence-corrected chi connectivity index (χ2v) is 11.1. The van der Waals surface area contributed by atoms with Crippen molar-refractivity contribution in [2.24, 2.45) is 11.3 Å². The van der Waals surface area contributed by atoms with Crippen LogP contribution in [0.4, 0.5) is 5.82 Å². The Bertz CT molecular complexity index is 922. The van der Waals surface area contributed by atoms with Crippen molar-refractivity contribution >= 4 is 44.7 Å². The van der Waals surface area contributed by atoms with Crippen molar-refractivity contribution in [2.75, 3.05) is 37.6 Å². The van der Waals surface area contributed by atoms with Crippen molar-refractivity contribution in [3.8, 4) is 0 Å². The summed E-state index contributed by atoms with van der Waals surface area (Å²) in [5, 5.41) is 5.50. The normalized spacial score (nSPS) is 19.8. The molecule has 7 heteroatoms. The molecule has 1 aliphatic carbocycles. The molecule has 0 radical (unpaired) electrons. The molecule has 0 unspecified atom stereocenters. The summed E-state index contributed by atoms with van der Waals surface area (Å²) in [6.07, 6.45) is 4.48. The van der Waals surface area contributed by atoms with E-state index in [0.29, 0.717) is 5.41 Å². The van der Waals surface area contributed by atoms with Gasteiger partial charge in [-0.2, -0.15) is 0 Å². The molecule has 164 valence electrons. The Balaban J connectivity index is 1.65. The largest absolute Gasteiger partial charge is 0.363 e. The molecule has 0 saturated carbocycles. The summed E-state index contributed by atoms with van der Waals surface area (Å²) < 4.78 is 0. The van der Waals surface area contributed by atoms with Gasteiger partial charge in [0.25, 0.3) is 0 Å². The van der Waals surface area contributed by atoms with Crippen molar-refractivity contribution in [3.63, 3.8) is 0 Å². The number of aryl methyl sites for hydroxylation is 2. The lowest BCUT2D eigenvalue weighted by Crippen LogP contribution is -2.52. The van der Waals surface area contributed by atoms with Gasteiger partial charge in [0.05, 0.1) is 5.39 Å².